The van der Waals surface area contributed by atoms with Crippen molar-refractivity contribution >= 4 is 5.82 Å². The van der Waals surface area contributed by atoms with Gasteiger partial charge in [0.1, 0.15) is 5.82 Å². The maximum absolute atomic E-state index is 5.66. The molecule has 0 aliphatic rings. The van der Waals surface area contributed by atoms with Crippen LogP contribution in [-0.4, -0.2) is 21.8 Å². The van der Waals surface area contributed by atoms with E-state index in [1.807, 2.05) is 55.7 Å². The molecule has 3 N–H and O–H groups in total. The minimum Gasteiger partial charge on any atom is -0.373 e. The highest BCUT2D eigenvalue weighted by molar-refractivity contribution is 5.75. The lowest BCUT2D eigenvalue weighted by molar-refractivity contribution is 0.645. The molecule has 0 radical (unpaired) electrons. The quantitative estimate of drug-likeness (QED) is 0.770. The Kier molecular flexibility index (Phi) is 3.66. The van der Waals surface area contributed by atoms with Gasteiger partial charge in [0.05, 0.1) is 18.6 Å². The summed E-state index contributed by atoms with van der Waals surface area (Å²) >= 11 is 0. The van der Waals surface area contributed by atoms with Crippen LogP contribution in [0.4, 0.5) is 5.82 Å². The van der Waals surface area contributed by atoms with Crippen molar-refractivity contribution in [2.45, 2.75) is 6.67 Å². The second-order valence-corrected chi connectivity index (χ2v) is 4.64. The number of aromatic nitrogens is 3. The molecule has 0 aliphatic heterocycles. The number of anilines is 1. The van der Waals surface area contributed by atoms with Gasteiger partial charge >= 0.3 is 0 Å². The van der Waals surface area contributed by atoms with Crippen molar-refractivity contribution in [3.05, 3.63) is 54.9 Å². The van der Waals surface area contributed by atoms with Gasteiger partial charge in [0, 0.05) is 29.9 Å². The molecule has 2 aromatic heterocycles. The Labute approximate surface area is 123 Å². The molecule has 21 heavy (non-hydrogen) atoms. The Morgan fingerprint density at radius 2 is 1.86 bits per heavy atom. The van der Waals surface area contributed by atoms with E-state index in [9.17, 15) is 0 Å². The summed E-state index contributed by atoms with van der Waals surface area (Å²) in [6.45, 7) is 0.339. The summed E-state index contributed by atoms with van der Waals surface area (Å²) in [6.07, 6.45) is 3.67. The lowest BCUT2D eigenvalue weighted by Gasteiger charge is -2.07. The van der Waals surface area contributed by atoms with Gasteiger partial charge in [-0.3, -0.25) is 4.98 Å². The number of rotatable bonds is 4. The summed E-state index contributed by atoms with van der Waals surface area (Å²) in [7, 11) is 1.86. The van der Waals surface area contributed by atoms with Gasteiger partial charge in [0.25, 0.3) is 0 Å². The highest BCUT2D eigenvalue weighted by Crippen LogP contribution is 2.28. The molecule has 0 unspecified atom stereocenters. The van der Waals surface area contributed by atoms with Crippen molar-refractivity contribution in [2.24, 2.45) is 5.73 Å². The van der Waals surface area contributed by atoms with E-state index in [2.05, 4.69) is 15.4 Å². The van der Waals surface area contributed by atoms with Crippen LogP contribution < -0.4 is 11.1 Å². The fraction of sp³-hybridized carbons (Fsp3) is 0.125. The summed E-state index contributed by atoms with van der Waals surface area (Å²) in [4.78, 5) is 4.54. The molecule has 0 amide bonds. The molecule has 106 valence electrons. The number of pyridine rings is 1. The first-order valence-electron chi connectivity index (χ1n) is 6.79. The van der Waals surface area contributed by atoms with Crippen LogP contribution in [0.15, 0.2) is 54.9 Å². The van der Waals surface area contributed by atoms with Gasteiger partial charge in [-0.15, -0.1) is 0 Å². The Hall–Kier alpha value is -2.66. The molecule has 0 atom stereocenters. The zero-order valence-electron chi connectivity index (χ0n) is 11.8. The average Bonchev–Trinajstić information content (AvgIpc) is 2.99. The predicted molar refractivity (Wildman–Crippen MR) is 84.6 cm³/mol. The van der Waals surface area contributed by atoms with E-state index in [4.69, 9.17) is 5.73 Å². The van der Waals surface area contributed by atoms with Gasteiger partial charge in [0.2, 0.25) is 0 Å². The SMILES string of the molecule is CNc1c(-c2ccc(-c3ccccc3)nc2)cnn1CN. The number of nitrogens with two attached hydrogens (primary N) is 1. The molecule has 0 aliphatic carbocycles. The smallest absolute Gasteiger partial charge is 0.133 e. The molecule has 0 saturated heterocycles. The molecular formula is C16H17N5. The van der Waals surface area contributed by atoms with Gasteiger partial charge in [-0.25, -0.2) is 4.68 Å². The van der Waals surface area contributed by atoms with Crippen LogP contribution in [0.1, 0.15) is 0 Å². The molecule has 5 nitrogen and oxygen atoms in total. The van der Waals surface area contributed by atoms with Gasteiger partial charge in [-0.2, -0.15) is 5.10 Å². The van der Waals surface area contributed by atoms with Crippen LogP contribution in [0.25, 0.3) is 22.4 Å². The zero-order chi connectivity index (χ0) is 14.7. The summed E-state index contributed by atoms with van der Waals surface area (Å²) in [5.74, 6) is 0.895. The van der Waals surface area contributed by atoms with Gasteiger partial charge in [-0.05, 0) is 6.07 Å². The number of benzene rings is 1. The standard InChI is InChI=1S/C16H17N5/c1-18-16-14(10-20-21(16)11-17)13-7-8-15(19-9-13)12-5-3-2-4-6-12/h2-10,18H,11,17H2,1H3. The highest BCUT2D eigenvalue weighted by atomic mass is 15.3. The third kappa shape index (κ3) is 2.51. The van der Waals surface area contributed by atoms with Crippen molar-refractivity contribution in [2.75, 3.05) is 12.4 Å². The van der Waals surface area contributed by atoms with Crippen LogP contribution >= 0.6 is 0 Å². The lowest BCUT2D eigenvalue weighted by atomic mass is 10.1. The normalized spacial score (nSPS) is 10.6. The van der Waals surface area contributed by atoms with E-state index in [1.165, 1.54) is 0 Å². The number of hydrogen-bond acceptors (Lipinski definition) is 4. The number of hydrogen-bond donors (Lipinski definition) is 2. The Morgan fingerprint density at radius 1 is 1.05 bits per heavy atom. The summed E-state index contributed by atoms with van der Waals surface area (Å²) in [5, 5.41) is 7.40. The lowest BCUT2D eigenvalue weighted by Crippen LogP contribution is -2.11. The monoisotopic (exact) mass is 279 g/mol. The molecule has 5 heteroatoms. The van der Waals surface area contributed by atoms with Crippen molar-refractivity contribution in [3.63, 3.8) is 0 Å². The minimum atomic E-state index is 0.339. The van der Waals surface area contributed by atoms with E-state index in [-0.39, 0.29) is 0 Å². The molecule has 3 rings (SSSR count). The van der Waals surface area contributed by atoms with Gasteiger partial charge < -0.3 is 11.1 Å². The third-order valence-corrected chi connectivity index (χ3v) is 3.39. The highest BCUT2D eigenvalue weighted by Gasteiger charge is 2.11. The summed E-state index contributed by atoms with van der Waals surface area (Å²) in [5.41, 5.74) is 9.73. The van der Waals surface area contributed by atoms with E-state index >= 15 is 0 Å². The first-order valence-corrected chi connectivity index (χ1v) is 6.79. The molecular weight excluding hydrogens is 262 g/mol. The second kappa shape index (κ2) is 5.76. The van der Waals surface area contributed by atoms with E-state index in [0.29, 0.717) is 6.67 Å². The van der Waals surface area contributed by atoms with Crippen molar-refractivity contribution in [1.29, 1.82) is 0 Å². The van der Waals surface area contributed by atoms with Crippen molar-refractivity contribution < 1.29 is 0 Å². The molecule has 0 saturated carbocycles. The molecule has 0 fully saturated rings. The van der Waals surface area contributed by atoms with E-state index in [0.717, 1.165) is 28.2 Å². The maximum atomic E-state index is 5.66. The first kappa shape index (κ1) is 13.3. The van der Waals surface area contributed by atoms with Crippen LogP contribution in [0.5, 0.6) is 0 Å². The van der Waals surface area contributed by atoms with Crippen LogP contribution in [0, 0.1) is 0 Å². The first-order chi connectivity index (χ1) is 10.3. The van der Waals surface area contributed by atoms with Gasteiger partial charge in [-0.1, -0.05) is 36.4 Å². The Balaban J connectivity index is 1.96. The third-order valence-electron chi connectivity index (χ3n) is 3.39. The Bertz CT molecular complexity index is 716. The van der Waals surface area contributed by atoms with Crippen LogP contribution in [0.2, 0.25) is 0 Å². The predicted octanol–water partition coefficient (Wildman–Crippen LogP) is 2.57. The largest absolute Gasteiger partial charge is 0.373 e. The fourth-order valence-corrected chi connectivity index (χ4v) is 2.33. The molecule has 0 spiro atoms. The van der Waals surface area contributed by atoms with E-state index in [1.54, 1.807) is 10.9 Å². The van der Waals surface area contributed by atoms with Crippen molar-refractivity contribution in [3.8, 4) is 22.4 Å². The van der Waals surface area contributed by atoms with Crippen LogP contribution in [-0.2, 0) is 6.67 Å². The minimum absolute atomic E-state index is 0.339. The van der Waals surface area contributed by atoms with Gasteiger partial charge in [0.15, 0.2) is 0 Å². The van der Waals surface area contributed by atoms with E-state index < -0.39 is 0 Å². The molecule has 0 bridgehead atoms. The maximum Gasteiger partial charge on any atom is 0.133 e. The van der Waals surface area contributed by atoms with Crippen LogP contribution in [0.3, 0.4) is 0 Å². The summed E-state index contributed by atoms with van der Waals surface area (Å²) < 4.78 is 1.72. The fourth-order valence-electron chi connectivity index (χ4n) is 2.33. The number of nitrogens with zero attached hydrogens (tertiary/aromatic N) is 3. The molecule has 3 aromatic rings. The second-order valence-electron chi connectivity index (χ2n) is 4.64. The average molecular weight is 279 g/mol. The topological polar surface area (TPSA) is 68.8 Å². The Morgan fingerprint density at radius 3 is 2.48 bits per heavy atom. The molecule has 1 aromatic carbocycles. The van der Waals surface area contributed by atoms with Crippen molar-refractivity contribution in [1.82, 2.24) is 14.8 Å². The molecule has 2 heterocycles. The summed E-state index contributed by atoms with van der Waals surface area (Å²) in [6, 6.07) is 14.2. The number of nitrogens with one attached hydrogen (secondary N) is 1. The zero-order valence-corrected chi connectivity index (χ0v) is 11.8.